The van der Waals surface area contributed by atoms with Crippen LogP contribution in [0.3, 0.4) is 0 Å². The van der Waals surface area contributed by atoms with E-state index < -0.39 is 28.1 Å². The number of amides is 1. The zero-order valence-corrected chi connectivity index (χ0v) is 24.0. The van der Waals surface area contributed by atoms with Crippen LogP contribution in [-0.2, 0) is 32.4 Å². The predicted molar refractivity (Wildman–Crippen MR) is 157 cm³/mol. The second-order valence-electron chi connectivity index (χ2n) is 9.15. The molecule has 0 saturated heterocycles. The second kappa shape index (κ2) is 14.0. The van der Waals surface area contributed by atoms with Crippen LogP contribution in [0.25, 0.3) is 0 Å². The van der Waals surface area contributed by atoms with Crippen molar-refractivity contribution in [2.75, 3.05) is 6.61 Å². The topological polar surface area (TPSA) is 102 Å². The summed E-state index contributed by atoms with van der Waals surface area (Å²) in [5.74, 6) is -1.04. The van der Waals surface area contributed by atoms with Crippen LogP contribution in [0.4, 0.5) is 0 Å². The average molecular weight is 622 g/mol. The Morgan fingerprint density at radius 3 is 1.85 bits per heavy atom. The van der Waals surface area contributed by atoms with Gasteiger partial charge in [0.25, 0.3) is 5.91 Å². The van der Waals surface area contributed by atoms with Crippen molar-refractivity contribution in [3.63, 3.8) is 0 Å². The first kappa shape index (κ1) is 29.2. The van der Waals surface area contributed by atoms with Crippen LogP contribution in [0.2, 0.25) is 0 Å². The number of nitrogens with one attached hydrogen (secondary N) is 2. The van der Waals surface area contributed by atoms with Crippen LogP contribution in [0.1, 0.15) is 21.5 Å². The lowest BCUT2D eigenvalue weighted by atomic mass is 10.1. The zero-order chi connectivity index (χ0) is 28.4. The largest absolute Gasteiger partial charge is 0.462 e. The molecule has 0 fully saturated rings. The van der Waals surface area contributed by atoms with E-state index in [9.17, 15) is 18.0 Å². The average Bonchev–Trinajstić information content (AvgIpc) is 2.97. The van der Waals surface area contributed by atoms with Crippen LogP contribution in [0, 0.1) is 0 Å². The number of benzene rings is 4. The van der Waals surface area contributed by atoms with Gasteiger partial charge >= 0.3 is 5.97 Å². The summed E-state index contributed by atoms with van der Waals surface area (Å²) in [7, 11) is -4.06. The molecule has 0 aliphatic rings. The molecule has 2 atom stereocenters. The molecule has 4 aromatic carbocycles. The Morgan fingerprint density at radius 2 is 1.25 bits per heavy atom. The highest BCUT2D eigenvalue weighted by atomic mass is 79.9. The summed E-state index contributed by atoms with van der Waals surface area (Å²) in [4.78, 5) is 26.3. The van der Waals surface area contributed by atoms with Gasteiger partial charge in [0.15, 0.2) is 0 Å². The second-order valence-corrected chi connectivity index (χ2v) is 11.7. The maximum Gasteiger partial charge on any atom is 0.324 e. The molecule has 4 aromatic rings. The summed E-state index contributed by atoms with van der Waals surface area (Å²) >= 11 is 3.27. The van der Waals surface area contributed by atoms with E-state index in [0.717, 1.165) is 11.1 Å². The van der Waals surface area contributed by atoms with Gasteiger partial charge in [0.1, 0.15) is 12.6 Å². The summed E-state index contributed by atoms with van der Waals surface area (Å²) in [6.07, 6.45) is 0.502. The first-order valence-corrected chi connectivity index (χ1v) is 15.0. The van der Waals surface area contributed by atoms with Crippen molar-refractivity contribution < 1.29 is 22.7 Å². The van der Waals surface area contributed by atoms with Gasteiger partial charge in [-0.2, -0.15) is 4.72 Å². The third-order valence-electron chi connectivity index (χ3n) is 6.11. The standard InChI is InChI=1S/C31H29BrN2O5S/c32-27-18-10-11-19-29(27)40(37,38)34-28(21-24-14-6-2-7-15-24)31(36)39-22-26(20-23-12-4-1-5-13-23)33-30(35)25-16-8-3-9-17-25/h1-19,26,28,34H,20-22H2,(H,33,35)/t26-,28-/m0/s1. The maximum atomic E-state index is 13.4. The van der Waals surface area contributed by atoms with Gasteiger partial charge in [-0.15, -0.1) is 0 Å². The van der Waals surface area contributed by atoms with Gasteiger partial charge in [-0.1, -0.05) is 91.0 Å². The van der Waals surface area contributed by atoms with E-state index in [1.807, 2.05) is 66.7 Å². The van der Waals surface area contributed by atoms with Gasteiger partial charge in [-0.25, -0.2) is 8.42 Å². The molecule has 4 rings (SSSR count). The normalized spacial score (nSPS) is 12.7. The molecular weight excluding hydrogens is 592 g/mol. The molecule has 0 aliphatic carbocycles. The number of carbonyl (C=O) groups excluding carboxylic acids is 2. The number of carbonyl (C=O) groups is 2. The summed E-state index contributed by atoms with van der Waals surface area (Å²) < 4.78 is 35.0. The molecule has 2 N–H and O–H groups in total. The van der Waals surface area contributed by atoms with Gasteiger partial charge in [0.05, 0.1) is 10.9 Å². The fourth-order valence-electron chi connectivity index (χ4n) is 4.13. The molecule has 0 aromatic heterocycles. The Morgan fingerprint density at radius 1 is 0.725 bits per heavy atom. The highest BCUT2D eigenvalue weighted by molar-refractivity contribution is 9.10. The number of rotatable bonds is 12. The molecule has 0 heterocycles. The molecule has 40 heavy (non-hydrogen) atoms. The van der Waals surface area contributed by atoms with Crippen molar-refractivity contribution in [1.29, 1.82) is 0 Å². The molecule has 0 unspecified atom stereocenters. The Kier molecular flexibility index (Phi) is 10.2. The van der Waals surface area contributed by atoms with Crippen molar-refractivity contribution in [2.24, 2.45) is 0 Å². The van der Waals surface area contributed by atoms with E-state index in [0.29, 0.717) is 16.5 Å². The van der Waals surface area contributed by atoms with Gasteiger partial charge in [0.2, 0.25) is 10.0 Å². The van der Waals surface area contributed by atoms with Gasteiger partial charge in [-0.3, -0.25) is 9.59 Å². The third-order valence-corrected chi connectivity index (χ3v) is 8.60. The molecular formula is C31H29BrN2O5S. The Hall–Kier alpha value is -3.79. The molecule has 7 nitrogen and oxygen atoms in total. The number of ether oxygens (including phenoxy) is 1. The molecule has 0 aliphatic heterocycles. The Labute approximate surface area is 242 Å². The van der Waals surface area contributed by atoms with Crippen molar-refractivity contribution in [3.8, 4) is 0 Å². The van der Waals surface area contributed by atoms with Crippen LogP contribution >= 0.6 is 15.9 Å². The number of hydrogen-bond acceptors (Lipinski definition) is 5. The first-order chi connectivity index (χ1) is 19.3. The van der Waals surface area contributed by atoms with Crippen molar-refractivity contribution >= 4 is 37.8 Å². The smallest absolute Gasteiger partial charge is 0.324 e. The first-order valence-electron chi connectivity index (χ1n) is 12.7. The zero-order valence-electron chi connectivity index (χ0n) is 21.6. The van der Waals surface area contributed by atoms with Crippen molar-refractivity contribution in [1.82, 2.24) is 10.0 Å². The molecule has 9 heteroatoms. The molecule has 206 valence electrons. The Balaban J connectivity index is 1.52. The molecule has 0 bridgehead atoms. The monoisotopic (exact) mass is 620 g/mol. The van der Waals surface area contributed by atoms with Crippen LogP contribution in [-0.4, -0.2) is 39.0 Å². The lowest BCUT2D eigenvalue weighted by Crippen LogP contribution is -2.46. The van der Waals surface area contributed by atoms with E-state index in [1.165, 1.54) is 6.07 Å². The highest BCUT2D eigenvalue weighted by Gasteiger charge is 2.29. The van der Waals surface area contributed by atoms with E-state index in [-0.39, 0.29) is 23.8 Å². The van der Waals surface area contributed by atoms with Crippen LogP contribution in [0.15, 0.2) is 125 Å². The Bertz CT molecular complexity index is 1520. The minimum atomic E-state index is -4.06. The van der Waals surface area contributed by atoms with Crippen LogP contribution in [0.5, 0.6) is 0 Å². The summed E-state index contributed by atoms with van der Waals surface area (Å²) in [6, 6.07) is 32.0. The minimum absolute atomic E-state index is 0.0120. The quantitative estimate of drug-likeness (QED) is 0.219. The minimum Gasteiger partial charge on any atom is -0.462 e. The van der Waals surface area contributed by atoms with Crippen molar-refractivity contribution in [3.05, 3.63) is 136 Å². The summed E-state index contributed by atoms with van der Waals surface area (Å²) in [5.41, 5.74) is 2.19. The predicted octanol–water partition coefficient (Wildman–Crippen LogP) is 4.92. The van der Waals surface area contributed by atoms with Gasteiger partial charge in [0, 0.05) is 10.0 Å². The van der Waals surface area contributed by atoms with Gasteiger partial charge in [-0.05, 0) is 64.2 Å². The van der Waals surface area contributed by atoms with Crippen molar-refractivity contribution in [2.45, 2.75) is 29.8 Å². The fourth-order valence-corrected chi connectivity index (χ4v) is 6.32. The molecule has 0 saturated carbocycles. The third kappa shape index (κ3) is 8.35. The van der Waals surface area contributed by atoms with Gasteiger partial charge < -0.3 is 10.1 Å². The van der Waals surface area contributed by atoms with Crippen LogP contribution < -0.4 is 10.0 Å². The lowest BCUT2D eigenvalue weighted by molar-refractivity contribution is -0.146. The van der Waals surface area contributed by atoms with E-state index in [4.69, 9.17) is 4.74 Å². The number of sulfonamides is 1. The molecule has 0 radical (unpaired) electrons. The summed E-state index contributed by atoms with van der Waals surface area (Å²) in [6.45, 7) is -0.144. The SMILES string of the molecule is O=C(N[C@H](COC(=O)[C@H](Cc1ccccc1)NS(=O)(=O)c1ccccc1Br)Cc1ccccc1)c1ccccc1. The molecule has 0 spiro atoms. The lowest BCUT2D eigenvalue weighted by Gasteiger charge is -2.22. The van der Waals surface area contributed by atoms with E-state index in [1.54, 1.807) is 42.5 Å². The summed E-state index contributed by atoms with van der Waals surface area (Å²) in [5, 5.41) is 2.95. The number of esters is 1. The molecule has 1 amide bonds. The fraction of sp³-hybridized carbons (Fsp3) is 0.161. The highest BCUT2D eigenvalue weighted by Crippen LogP contribution is 2.22. The number of hydrogen-bond donors (Lipinski definition) is 2. The van der Waals surface area contributed by atoms with E-state index in [2.05, 4.69) is 26.0 Å². The number of halogens is 1. The van der Waals surface area contributed by atoms with E-state index >= 15 is 0 Å². The maximum absolute atomic E-state index is 13.4.